The normalized spacial score (nSPS) is 26.7. The van der Waals surface area contributed by atoms with Gasteiger partial charge in [0.2, 0.25) is 0 Å². The Morgan fingerprint density at radius 2 is 2.16 bits per heavy atom. The van der Waals surface area contributed by atoms with Crippen molar-refractivity contribution in [2.75, 3.05) is 30.4 Å². The summed E-state index contributed by atoms with van der Waals surface area (Å²) in [4.78, 5) is 11.4. The topological polar surface area (TPSA) is 50.3 Å². The minimum atomic E-state index is 0.437. The number of methoxy groups -OCH3 is 1. The second-order valence-corrected chi connectivity index (χ2v) is 5.96. The predicted molar refractivity (Wildman–Crippen MR) is 78.6 cm³/mol. The third-order valence-electron chi connectivity index (χ3n) is 4.06. The molecule has 1 aromatic rings. The van der Waals surface area contributed by atoms with Crippen molar-refractivity contribution < 1.29 is 4.74 Å². The fourth-order valence-corrected chi connectivity index (χ4v) is 3.30. The zero-order valence-electron chi connectivity index (χ0n) is 11.1. The summed E-state index contributed by atoms with van der Waals surface area (Å²) in [5.74, 6) is 1.89. The van der Waals surface area contributed by atoms with Gasteiger partial charge in [-0.15, -0.1) is 0 Å². The van der Waals surface area contributed by atoms with Crippen molar-refractivity contribution >= 4 is 27.6 Å². The molecule has 2 heterocycles. The standard InChI is InChI=1S/C13H19BrN4O/c1-19-10-4-2-9(3-5-10)18-7-6-15-12-13(18)17-11(14)8-16-12/h8-10H,2-7H2,1H3,(H,15,16). The van der Waals surface area contributed by atoms with E-state index < -0.39 is 0 Å². The number of rotatable bonds is 2. The van der Waals surface area contributed by atoms with Gasteiger partial charge in [0.25, 0.3) is 0 Å². The zero-order chi connectivity index (χ0) is 13.2. The first kappa shape index (κ1) is 13.1. The van der Waals surface area contributed by atoms with Crippen LogP contribution in [-0.2, 0) is 4.74 Å². The Kier molecular flexibility index (Phi) is 3.88. The lowest BCUT2D eigenvalue weighted by Crippen LogP contribution is -2.45. The Morgan fingerprint density at radius 1 is 1.37 bits per heavy atom. The van der Waals surface area contributed by atoms with E-state index in [1.54, 1.807) is 6.20 Å². The molecule has 0 aromatic carbocycles. The summed E-state index contributed by atoms with van der Waals surface area (Å²) in [6, 6.07) is 0.566. The maximum Gasteiger partial charge on any atom is 0.173 e. The number of ether oxygens (including phenoxy) is 1. The van der Waals surface area contributed by atoms with Gasteiger partial charge >= 0.3 is 0 Å². The third kappa shape index (κ3) is 2.69. The van der Waals surface area contributed by atoms with E-state index in [1.807, 2.05) is 7.11 Å². The van der Waals surface area contributed by atoms with Gasteiger partial charge in [-0.25, -0.2) is 9.97 Å². The van der Waals surface area contributed by atoms with Gasteiger partial charge in [-0.3, -0.25) is 0 Å². The van der Waals surface area contributed by atoms with Crippen LogP contribution < -0.4 is 10.2 Å². The first-order valence-electron chi connectivity index (χ1n) is 6.84. The van der Waals surface area contributed by atoms with Gasteiger partial charge in [-0.2, -0.15) is 0 Å². The summed E-state index contributed by atoms with van der Waals surface area (Å²) in [6.45, 7) is 1.94. The van der Waals surface area contributed by atoms with E-state index in [9.17, 15) is 0 Å². The molecule has 1 N–H and O–H groups in total. The molecular weight excluding hydrogens is 308 g/mol. The Morgan fingerprint density at radius 3 is 2.89 bits per heavy atom. The summed E-state index contributed by atoms with van der Waals surface area (Å²) in [5, 5.41) is 3.32. The van der Waals surface area contributed by atoms with Crippen molar-refractivity contribution in [3.63, 3.8) is 0 Å². The number of aromatic nitrogens is 2. The Labute approximate surface area is 121 Å². The summed E-state index contributed by atoms with van der Waals surface area (Å²) < 4.78 is 6.25. The average Bonchev–Trinajstić information content (AvgIpc) is 2.47. The fourth-order valence-electron chi connectivity index (χ4n) is 3.03. The second kappa shape index (κ2) is 5.63. The number of halogens is 1. The molecule has 1 aromatic heterocycles. The van der Waals surface area contributed by atoms with Crippen molar-refractivity contribution in [1.82, 2.24) is 9.97 Å². The maximum atomic E-state index is 5.45. The lowest BCUT2D eigenvalue weighted by Gasteiger charge is -2.40. The number of hydrogen-bond acceptors (Lipinski definition) is 5. The molecule has 0 amide bonds. The molecule has 104 valence electrons. The number of anilines is 2. The summed E-state index contributed by atoms with van der Waals surface area (Å²) >= 11 is 3.41. The number of nitrogens with zero attached hydrogens (tertiary/aromatic N) is 3. The van der Waals surface area contributed by atoms with E-state index in [0.717, 1.165) is 42.2 Å². The van der Waals surface area contributed by atoms with Crippen LogP contribution in [0.5, 0.6) is 0 Å². The van der Waals surface area contributed by atoms with Crippen LogP contribution in [0.2, 0.25) is 0 Å². The van der Waals surface area contributed by atoms with Gasteiger partial charge in [0.05, 0.1) is 12.3 Å². The van der Waals surface area contributed by atoms with Crippen molar-refractivity contribution in [2.24, 2.45) is 0 Å². The molecule has 2 aliphatic rings. The lowest BCUT2D eigenvalue weighted by molar-refractivity contribution is 0.0655. The van der Waals surface area contributed by atoms with Crippen LogP contribution in [0.3, 0.4) is 0 Å². The highest BCUT2D eigenvalue weighted by Crippen LogP contribution is 2.33. The molecule has 6 heteroatoms. The van der Waals surface area contributed by atoms with Crippen LogP contribution in [0, 0.1) is 0 Å². The SMILES string of the molecule is COC1CCC(N2CCNc3ncc(Br)nc32)CC1. The molecule has 0 atom stereocenters. The zero-order valence-corrected chi connectivity index (χ0v) is 12.7. The number of nitrogens with one attached hydrogen (secondary N) is 1. The highest BCUT2D eigenvalue weighted by atomic mass is 79.9. The van der Waals surface area contributed by atoms with Crippen LogP contribution in [0.15, 0.2) is 10.8 Å². The minimum absolute atomic E-state index is 0.437. The highest BCUT2D eigenvalue weighted by Gasteiger charge is 2.30. The molecule has 3 rings (SSSR count). The maximum absolute atomic E-state index is 5.45. The monoisotopic (exact) mass is 326 g/mol. The summed E-state index contributed by atoms with van der Waals surface area (Å²) in [7, 11) is 1.81. The molecule has 0 radical (unpaired) electrons. The Hall–Kier alpha value is -0.880. The van der Waals surface area contributed by atoms with Gasteiger partial charge in [-0.1, -0.05) is 0 Å². The van der Waals surface area contributed by atoms with E-state index in [2.05, 4.69) is 36.1 Å². The fraction of sp³-hybridized carbons (Fsp3) is 0.692. The van der Waals surface area contributed by atoms with Gasteiger partial charge in [0, 0.05) is 26.2 Å². The molecule has 0 saturated heterocycles. The summed E-state index contributed by atoms with van der Waals surface area (Å²) in [6.07, 6.45) is 6.81. The van der Waals surface area contributed by atoms with Crippen molar-refractivity contribution in [3.8, 4) is 0 Å². The third-order valence-corrected chi connectivity index (χ3v) is 4.44. The van der Waals surface area contributed by atoms with Crippen molar-refractivity contribution in [3.05, 3.63) is 10.8 Å². The molecular formula is C13H19BrN4O. The molecule has 1 aliphatic carbocycles. The smallest absolute Gasteiger partial charge is 0.173 e. The van der Waals surface area contributed by atoms with E-state index in [0.29, 0.717) is 12.1 Å². The average molecular weight is 327 g/mol. The van der Waals surface area contributed by atoms with Gasteiger partial charge in [0.15, 0.2) is 11.6 Å². The van der Waals surface area contributed by atoms with Crippen molar-refractivity contribution in [2.45, 2.75) is 37.8 Å². The first-order valence-corrected chi connectivity index (χ1v) is 7.63. The molecule has 5 nitrogen and oxygen atoms in total. The minimum Gasteiger partial charge on any atom is -0.381 e. The van der Waals surface area contributed by atoms with Crippen molar-refractivity contribution in [1.29, 1.82) is 0 Å². The highest BCUT2D eigenvalue weighted by molar-refractivity contribution is 9.10. The number of fused-ring (bicyclic) bond motifs is 1. The van der Waals surface area contributed by atoms with Crippen LogP contribution in [-0.4, -0.2) is 42.3 Å². The predicted octanol–water partition coefficient (Wildman–Crippen LogP) is 2.43. The molecule has 1 aliphatic heterocycles. The Bertz CT molecular complexity index is 448. The molecule has 19 heavy (non-hydrogen) atoms. The van der Waals surface area contributed by atoms with Crippen LogP contribution in [0.4, 0.5) is 11.6 Å². The lowest BCUT2D eigenvalue weighted by atomic mass is 9.91. The second-order valence-electron chi connectivity index (χ2n) is 5.15. The molecule has 1 fully saturated rings. The Balaban J connectivity index is 1.78. The van der Waals surface area contributed by atoms with Gasteiger partial charge < -0.3 is 15.0 Å². The summed E-state index contributed by atoms with van der Waals surface area (Å²) in [5.41, 5.74) is 0. The van der Waals surface area contributed by atoms with E-state index in [1.165, 1.54) is 12.8 Å². The van der Waals surface area contributed by atoms with Gasteiger partial charge in [0.1, 0.15) is 4.60 Å². The quantitative estimate of drug-likeness (QED) is 0.904. The number of hydrogen-bond donors (Lipinski definition) is 1. The van der Waals surface area contributed by atoms with Crippen LogP contribution in [0.1, 0.15) is 25.7 Å². The van der Waals surface area contributed by atoms with Crippen LogP contribution >= 0.6 is 15.9 Å². The largest absolute Gasteiger partial charge is 0.381 e. The molecule has 1 saturated carbocycles. The van der Waals surface area contributed by atoms with Crippen LogP contribution in [0.25, 0.3) is 0 Å². The molecule has 0 unspecified atom stereocenters. The van der Waals surface area contributed by atoms with Gasteiger partial charge in [-0.05, 0) is 41.6 Å². The first-order chi connectivity index (χ1) is 9.28. The van der Waals surface area contributed by atoms with E-state index in [-0.39, 0.29) is 0 Å². The van der Waals surface area contributed by atoms with E-state index >= 15 is 0 Å². The van der Waals surface area contributed by atoms with E-state index in [4.69, 9.17) is 4.74 Å². The molecule has 0 bridgehead atoms. The molecule has 0 spiro atoms.